The van der Waals surface area contributed by atoms with E-state index in [4.69, 9.17) is 5.73 Å². The predicted octanol–water partition coefficient (Wildman–Crippen LogP) is 2.42. The lowest BCUT2D eigenvalue weighted by molar-refractivity contribution is 0.0713. The minimum absolute atomic E-state index is 0. The lowest BCUT2D eigenvalue weighted by Crippen LogP contribution is -2.43. The van der Waals surface area contributed by atoms with Crippen molar-refractivity contribution in [3.63, 3.8) is 0 Å². The van der Waals surface area contributed by atoms with Crippen molar-refractivity contribution in [2.45, 2.75) is 18.9 Å². The first-order valence-electron chi connectivity index (χ1n) is 5.58. The number of likely N-dealkylation sites (tertiary alicyclic amines) is 1. The van der Waals surface area contributed by atoms with E-state index >= 15 is 0 Å². The Morgan fingerprint density at radius 1 is 1.39 bits per heavy atom. The highest BCUT2D eigenvalue weighted by molar-refractivity contribution is 14.1. The molecule has 2 rings (SSSR count). The van der Waals surface area contributed by atoms with Gasteiger partial charge in [0.15, 0.2) is 0 Å². The Morgan fingerprint density at radius 3 is 2.56 bits per heavy atom. The predicted molar refractivity (Wildman–Crippen MR) is 79.5 cm³/mol. The molecule has 0 atom stereocenters. The minimum Gasteiger partial charge on any atom is -0.338 e. The molecule has 0 unspecified atom stereocenters. The quantitative estimate of drug-likeness (QED) is 0.756. The normalized spacial score (nSPS) is 16.3. The first-order valence-corrected chi connectivity index (χ1v) is 6.65. The number of hydrogen-bond acceptors (Lipinski definition) is 2. The molecule has 0 aromatic heterocycles. The molecule has 3 nitrogen and oxygen atoms in total. The highest BCUT2D eigenvalue weighted by Gasteiger charge is 2.22. The smallest absolute Gasteiger partial charge is 0.254 e. The van der Waals surface area contributed by atoms with Gasteiger partial charge in [-0.2, -0.15) is 0 Å². The summed E-state index contributed by atoms with van der Waals surface area (Å²) >= 11 is 1.99. The average molecular weight is 385 g/mol. The maximum absolute atomic E-state index is 13.0. The molecule has 0 aliphatic carbocycles. The van der Waals surface area contributed by atoms with Gasteiger partial charge in [-0.25, -0.2) is 4.39 Å². The van der Waals surface area contributed by atoms with Crippen LogP contribution < -0.4 is 5.73 Å². The van der Waals surface area contributed by atoms with Gasteiger partial charge in [-0.05, 0) is 53.6 Å². The van der Waals surface area contributed by atoms with E-state index in [1.807, 2.05) is 22.6 Å². The number of rotatable bonds is 1. The molecule has 6 heteroatoms. The minimum atomic E-state index is -0.313. The van der Waals surface area contributed by atoms with E-state index in [0.29, 0.717) is 22.2 Å². The van der Waals surface area contributed by atoms with Gasteiger partial charge in [0.2, 0.25) is 0 Å². The molecule has 1 heterocycles. The lowest BCUT2D eigenvalue weighted by Gasteiger charge is -2.30. The van der Waals surface area contributed by atoms with Crippen LogP contribution in [0.4, 0.5) is 4.39 Å². The van der Waals surface area contributed by atoms with Crippen molar-refractivity contribution in [1.29, 1.82) is 0 Å². The Morgan fingerprint density at radius 2 is 2.00 bits per heavy atom. The lowest BCUT2D eigenvalue weighted by atomic mass is 10.0. The summed E-state index contributed by atoms with van der Waals surface area (Å²) in [6.45, 7) is 1.38. The average Bonchev–Trinajstić information content (AvgIpc) is 2.29. The number of hydrogen-bond donors (Lipinski definition) is 1. The zero-order chi connectivity index (χ0) is 12.4. The van der Waals surface area contributed by atoms with Crippen LogP contribution in [-0.2, 0) is 0 Å². The van der Waals surface area contributed by atoms with Gasteiger partial charge >= 0.3 is 0 Å². The van der Waals surface area contributed by atoms with Crippen molar-refractivity contribution in [1.82, 2.24) is 4.90 Å². The highest BCUT2D eigenvalue weighted by Crippen LogP contribution is 2.18. The number of carbonyl (C=O) groups excluding carboxylic acids is 1. The molecule has 0 bridgehead atoms. The maximum Gasteiger partial charge on any atom is 0.254 e. The van der Waals surface area contributed by atoms with Crippen molar-refractivity contribution in [2.24, 2.45) is 5.73 Å². The van der Waals surface area contributed by atoms with Crippen molar-refractivity contribution in [3.8, 4) is 0 Å². The zero-order valence-corrected chi connectivity index (χ0v) is 12.7. The largest absolute Gasteiger partial charge is 0.338 e. The Kier molecular flexibility index (Phi) is 5.81. The maximum atomic E-state index is 13.0. The van der Waals surface area contributed by atoms with E-state index in [1.165, 1.54) is 12.1 Å². The van der Waals surface area contributed by atoms with Crippen LogP contribution in [0.5, 0.6) is 0 Å². The van der Waals surface area contributed by atoms with Gasteiger partial charge in [-0.3, -0.25) is 4.79 Å². The van der Waals surface area contributed by atoms with E-state index in [-0.39, 0.29) is 30.2 Å². The summed E-state index contributed by atoms with van der Waals surface area (Å²) in [6, 6.07) is 4.45. The summed E-state index contributed by atoms with van der Waals surface area (Å²) in [5, 5.41) is 0. The summed E-state index contributed by atoms with van der Waals surface area (Å²) in [6.07, 6.45) is 1.67. The number of nitrogens with zero attached hydrogens (tertiary/aromatic N) is 1. The number of amides is 1. The molecule has 1 aromatic rings. The summed E-state index contributed by atoms with van der Waals surface area (Å²) in [7, 11) is 0. The van der Waals surface area contributed by atoms with E-state index < -0.39 is 0 Å². The summed E-state index contributed by atoms with van der Waals surface area (Å²) in [5.74, 6) is -0.340. The Hall–Kier alpha value is -0.400. The second-order valence-corrected chi connectivity index (χ2v) is 5.42. The molecule has 1 aromatic carbocycles. The number of nitrogens with two attached hydrogens (primary N) is 1. The van der Waals surface area contributed by atoms with Crippen molar-refractivity contribution >= 4 is 40.9 Å². The third-order valence-corrected chi connectivity index (χ3v) is 3.88. The van der Waals surface area contributed by atoms with E-state index in [1.54, 1.807) is 11.0 Å². The van der Waals surface area contributed by atoms with Gasteiger partial charge in [0.05, 0.1) is 5.56 Å². The number of carbonyl (C=O) groups is 1. The highest BCUT2D eigenvalue weighted by atomic mass is 127. The molecule has 0 radical (unpaired) electrons. The Balaban J connectivity index is 0.00000162. The monoisotopic (exact) mass is 384 g/mol. The van der Waals surface area contributed by atoms with E-state index in [0.717, 1.165) is 12.8 Å². The fourth-order valence-corrected chi connectivity index (χ4v) is 2.64. The van der Waals surface area contributed by atoms with Gasteiger partial charge in [0, 0.05) is 22.7 Å². The van der Waals surface area contributed by atoms with Gasteiger partial charge in [-0.15, -0.1) is 12.4 Å². The molecule has 0 saturated carbocycles. The fraction of sp³-hybridized carbons (Fsp3) is 0.417. The van der Waals surface area contributed by atoms with Crippen LogP contribution in [0.15, 0.2) is 18.2 Å². The molecule has 100 valence electrons. The molecule has 0 spiro atoms. The van der Waals surface area contributed by atoms with Crippen LogP contribution in [-0.4, -0.2) is 29.9 Å². The van der Waals surface area contributed by atoms with Crippen LogP contribution in [0.25, 0.3) is 0 Å². The molecule has 1 amide bonds. The second-order valence-electron chi connectivity index (χ2n) is 4.25. The van der Waals surface area contributed by atoms with Crippen molar-refractivity contribution in [3.05, 3.63) is 33.1 Å². The third kappa shape index (κ3) is 3.55. The van der Waals surface area contributed by atoms with Gasteiger partial charge < -0.3 is 10.6 Å². The Labute approximate surface area is 125 Å². The molecule has 1 aliphatic rings. The van der Waals surface area contributed by atoms with Crippen molar-refractivity contribution < 1.29 is 9.18 Å². The number of benzene rings is 1. The molecular weight excluding hydrogens is 370 g/mol. The number of piperidine rings is 1. The van der Waals surface area contributed by atoms with Gasteiger partial charge in [0.1, 0.15) is 5.82 Å². The Bertz CT molecular complexity index is 436. The van der Waals surface area contributed by atoms with E-state index in [2.05, 4.69) is 0 Å². The second kappa shape index (κ2) is 6.68. The summed E-state index contributed by atoms with van der Waals surface area (Å²) < 4.78 is 13.6. The van der Waals surface area contributed by atoms with Crippen LogP contribution in [0.1, 0.15) is 23.2 Å². The standard InChI is InChI=1S/C12H14FIN2O.ClH/c13-8-1-2-10(11(14)7-8)12(17)16-5-3-9(15)4-6-16;/h1-2,7,9H,3-6,15H2;1H. The van der Waals surface area contributed by atoms with Crippen LogP contribution in [0.3, 0.4) is 0 Å². The van der Waals surface area contributed by atoms with Crippen molar-refractivity contribution in [2.75, 3.05) is 13.1 Å². The van der Waals surface area contributed by atoms with Crippen LogP contribution in [0.2, 0.25) is 0 Å². The van der Waals surface area contributed by atoms with E-state index in [9.17, 15) is 9.18 Å². The first kappa shape index (κ1) is 15.7. The van der Waals surface area contributed by atoms with Crippen LogP contribution >= 0.6 is 35.0 Å². The molecule has 1 fully saturated rings. The molecule has 1 aliphatic heterocycles. The SMILES string of the molecule is Cl.NC1CCN(C(=O)c2ccc(F)cc2I)CC1. The first-order chi connectivity index (χ1) is 8.08. The third-order valence-electron chi connectivity index (χ3n) is 2.99. The van der Waals surface area contributed by atoms with Crippen LogP contribution in [0, 0.1) is 9.39 Å². The summed E-state index contributed by atoms with van der Waals surface area (Å²) in [5.41, 5.74) is 6.37. The zero-order valence-electron chi connectivity index (χ0n) is 9.73. The molecular formula is C12H15ClFIN2O. The number of halogens is 3. The van der Waals surface area contributed by atoms with Gasteiger partial charge in [-0.1, -0.05) is 0 Å². The molecule has 2 N–H and O–H groups in total. The fourth-order valence-electron chi connectivity index (χ4n) is 1.94. The van der Waals surface area contributed by atoms with Gasteiger partial charge in [0.25, 0.3) is 5.91 Å². The summed E-state index contributed by atoms with van der Waals surface area (Å²) in [4.78, 5) is 14.0. The molecule has 1 saturated heterocycles. The topological polar surface area (TPSA) is 46.3 Å². The molecule has 18 heavy (non-hydrogen) atoms.